The van der Waals surface area contributed by atoms with Crippen molar-refractivity contribution >= 4 is 24.2 Å². The molecule has 1 aliphatic heterocycles. The van der Waals surface area contributed by atoms with E-state index in [9.17, 15) is 14.0 Å². The van der Waals surface area contributed by atoms with Crippen molar-refractivity contribution in [3.8, 4) is 0 Å². The lowest BCUT2D eigenvalue weighted by Crippen LogP contribution is -2.47. The summed E-state index contributed by atoms with van der Waals surface area (Å²) in [5, 5.41) is 5.52. The highest BCUT2D eigenvalue weighted by Crippen LogP contribution is 2.16. The van der Waals surface area contributed by atoms with Gasteiger partial charge in [0.2, 0.25) is 11.8 Å². The number of hydrogen-bond donors (Lipinski definition) is 3. The van der Waals surface area contributed by atoms with Gasteiger partial charge in [0.25, 0.3) is 0 Å². The van der Waals surface area contributed by atoms with E-state index in [1.54, 1.807) is 18.2 Å². The second-order valence-corrected chi connectivity index (χ2v) is 6.02. The summed E-state index contributed by atoms with van der Waals surface area (Å²) in [5.41, 5.74) is 5.85. The minimum absolute atomic E-state index is 0. The van der Waals surface area contributed by atoms with Gasteiger partial charge in [0, 0.05) is 31.7 Å². The highest BCUT2D eigenvalue weighted by molar-refractivity contribution is 5.85. The first-order valence-electron chi connectivity index (χ1n) is 8.30. The summed E-state index contributed by atoms with van der Waals surface area (Å²) in [5.74, 6) is -0.602. The summed E-state index contributed by atoms with van der Waals surface area (Å²) in [4.78, 5) is 26.0. The molecule has 25 heavy (non-hydrogen) atoms. The van der Waals surface area contributed by atoms with Gasteiger partial charge in [-0.25, -0.2) is 4.39 Å². The van der Waals surface area contributed by atoms with E-state index in [4.69, 9.17) is 5.73 Å². The molecule has 1 fully saturated rings. The molecular formula is C17H26ClFN4O2. The molecule has 6 nitrogen and oxygen atoms in total. The van der Waals surface area contributed by atoms with Gasteiger partial charge in [-0.05, 0) is 25.5 Å². The van der Waals surface area contributed by atoms with Crippen LogP contribution >= 0.6 is 12.4 Å². The number of halogens is 2. The van der Waals surface area contributed by atoms with Gasteiger partial charge in [0.05, 0.1) is 12.5 Å². The molecule has 140 valence electrons. The first-order chi connectivity index (χ1) is 11.6. The van der Waals surface area contributed by atoms with E-state index in [1.165, 1.54) is 6.07 Å². The van der Waals surface area contributed by atoms with Gasteiger partial charge in [-0.3, -0.25) is 14.5 Å². The van der Waals surface area contributed by atoms with Crippen LogP contribution in [-0.4, -0.2) is 49.4 Å². The Morgan fingerprint density at radius 2 is 2.04 bits per heavy atom. The van der Waals surface area contributed by atoms with E-state index >= 15 is 0 Å². The molecule has 0 saturated carbocycles. The molecule has 2 amide bonds. The molecule has 1 aromatic carbocycles. The van der Waals surface area contributed by atoms with Crippen LogP contribution in [0.25, 0.3) is 0 Å². The van der Waals surface area contributed by atoms with E-state index in [-0.39, 0.29) is 49.0 Å². The molecule has 0 spiro atoms. The van der Waals surface area contributed by atoms with Crippen molar-refractivity contribution in [3.05, 3.63) is 35.6 Å². The molecule has 2 rings (SSSR count). The average molecular weight is 373 g/mol. The molecule has 4 N–H and O–H groups in total. The quantitative estimate of drug-likeness (QED) is 0.656. The van der Waals surface area contributed by atoms with Gasteiger partial charge >= 0.3 is 0 Å². The number of rotatable bonds is 7. The topological polar surface area (TPSA) is 87.5 Å². The van der Waals surface area contributed by atoms with Crippen LogP contribution in [0.2, 0.25) is 0 Å². The first-order valence-corrected chi connectivity index (χ1v) is 8.30. The van der Waals surface area contributed by atoms with Crippen LogP contribution in [-0.2, 0) is 16.1 Å². The summed E-state index contributed by atoms with van der Waals surface area (Å²) in [7, 11) is 0. The zero-order valence-electron chi connectivity index (χ0n) is 14.2. The number of nitrogens with zero attached hydrogens (tertiary/aromatic N) is 1. The second-order valence-electron chi connectivity index (χ2n) is 6.02. The van der Waals surface area contributed by atoms with E-state index in [2.05, 4.69) is 10.6 Å². The Labute approximate surface area is 153 Å². The lowest BCUT2D eigenvalue weighted by atomic mass is 9.97. The zero-order chi connectivity index (χ0) is 17.4. The van der Waals surface area contributed by atoms with Gasteiger partial charge in [0.15, 0.2) is 0 Å². The normalized spacial score (nSPS) is 17.4. The van der Waals surface area contributed by atoms with Crippen molar-refractivity contribution in [1.82, 2.24) is 15.5 Å². The monoisotopic (exact) mass is 372 g/mol. The van der Waals surface area contributed by atoms with Crippen LogP contribution in [0.3, 0.4) is 0 Å². The number of carbonyl (C=O) groups is 2. The maximum Gasteiger partial charge on any atom is 0.234 e. The van der Waals surface area contributed by atoms with Crippen LogP contribution in [0.5, 0.6) is 0 Å². The predicted molar refractivity (Wildman–Crippen MR) is 96.7 cm³/mol. The van der Waals surface area contributed by atoms with Crippen LogP contribution in [0.4, 0.5) is 4.39 Å². The lowest BCUT2D eigenvalue weighted by Gasteiger charge is -2.31. The summed E-state index contributed by atoms with van der Waals surface area (Å²) in [6, 6.07) is 6.37. The molecule has 8 heteroatoms. The number of likely N-dealkylation sites (tertiary alicyclic amines) is 1. The standard InChI is InChI=1S/C17H25FN4O2.ClH/c18-15-6-2-1-4-13(15)10-21-16(23)12-22-9-3-5-14(11-22)17(24)20-8-7-19;/h1-2,4,6,14H,3,5,7-12,19H2,(H,20,24)(H,21,23);1H. The number of hydrogen-bond acceptors (Lipinski definition) is 4. The molecular weight excluding hydrogens is 347 g/mol. The van der Waals surface area contributed by atoms with Crippen molar-refractivity contribution in [2.75, 3.05) is 32.7 Å². The van der Waals surface area contributed by atoms with Crippen molar-refractivity contribution < 1.29 is 14.0 Å². The second kappa shape index (κ2) is 11.0. The maximum absolute atomic E-state index is 13.5. The Balaban J connectivity index is 0.00000312. The molecule has 0 radical (unpaired) electrons. The number of nitrogens with one attached hydrogen (secondary N) is 2. The largest absolute Gasteiger partial charge is 0.355 e. The molecule has 0 aliphatic carbocycles. The minimum Gasteiger partial charge on any atom is -0.355 e. The Hall–Kier alpha value is -1.70. The Bertz CT molecular complexity index is 573. The third-order valence-electron chi connectivity index (χ3n) is 4.12. The van der Waals surface area contributed by atoms with E-state index in [0.717, 1.165) is 19.4 Å². The highest BCUT2D eigenvalue weighted by atomic mass is 35.5. The van der Waals surface area contributed by atoms with Gasteiger partial charge < -0.3 is 16.4 Å². The van der Waals surface area contributed by atoms with Crippen molar-refractivity contribution in [2.24, 2.45) is 11.7 Å². The van der Waals surface area contributed by atoms with Crippen LogP contribution < -0.4 is 16.4 Å². The van der Waals surface area contributed by atoms with Crippen LogP contribution in [0, 0.1) is 11.7 Å². The van der Waals surface area contributed by atoms with Crippen LogP contribution in [0.15, 0.2) is 24.3 Å². The van der Waals surface area contributed by atoms with E-state index < -0.39 is 0 Å². The molecule has 1 aliphatic rings. The third kappa shape index (κ3) is 6.97. The molecule has 1 aromatic rings. The van der Waals surface area contributed by atoms with Crippen molar-refractivity contribution in [3.63, 3.8) is 0 Å². The Morgan fingerprint density at radius 3 is 2.76 bits per heavy atom. The predicted octanol–water partition coefficient (Wildman–Crippen LogP) is 0.651. The minimum atomic E-state index is -0.326. The fourth-order valence-electron chi connectivity index (χ4n) is 2.85. The molecule has 0 aromatic heterocycles. The summed E-state index contributed by atoms with van der Waals surface area (Å²) >= 11 is 0. The first kappa shape index (κ1) is 21.3. The highest BCUT2D eigenvalue weighted by Gasteiger charge is 2.26. The van der Waals surface area contributed by atoms with E-state index in [0.29, 0.717) is 25.2 Å². The fraction of sp³-hybridized carbons (Fsp3) is 0.529. The van der Waals surface area contributed by atoms with Crippen LogP contribution in [0.1, 0.15) is 18.4 Å². The summed E-state index contributed by atoms with van der Waals surface area (Å²) in [6.45, 7) is 2.62. The van der Waals surface area contributed by atoms with E-state index in [1.807, 2.05) is 4.90 Å². The lowest BCUT2D eigenvalue weighted by molar-refractivity contribution is -0.128. The summed E-state index contributed by atoms with van der Waals surface area (Å²) < 4.78 is 13.5. The number of carbonyl (C=O) groups excluding carboxylic acids is 2. The Morgan fingerprint density at radius 1 is 1.28 bits per heavy atom. The van der Waals surface area contributed by atoms with Crippen molar-refractivity contribution in [2.45, 2.75) is 19.4 Å². The summed E-state index contributed by atoms with van der Waals surface area (Å²) in [6.07, 6.45) is 1.70. The average Bonchev–Trinajstić information content (AvgIpc) is 2.59. The Kier molecular flexibility index (Phi) is 9.41. The molecule has 1 atom stereocenters. The molecule has 1 unspecified atom stereocenters. The van der Waals surface area contributed by atoms with Gasteiger partial charge in [0.1, 0.15) is 5.82 Å². The number of benzene rings is 1. The fourth-order valence-corrected chi connectivity index (χ4v) is 2.85. The third-order valence-corrected chi connectivity index (χ3v) is 4.12. The van der Waals surface area contributed by atoms with Gasteiger partial charge in [-0.1, -0.05) is 18.2 Å². The zero-order valence-corrected chi connectivity index (χ0v) is 15.0. The molecule has 1 saturated heterocycles. The van der Waals surface area contributed by atoms with Crippen molar-refractivity contribution in [1.29, 1.82) is 0 Å². The molecule has 0 bridgehead atoms. The SMILES string of the molecule is Cl.NCCNC(=O)C1CCCN(CC(=O)NCc2ccccc2F)C1. The van der Waals surface area contributed by atoms with Gasteiger partial charge in [-0.2, -0.15) is 0 Å². The van der Waals surface area contributed by atoms with Gasteiger partial charge in [-0.15, -0.1) is 12.4 Å². The molecule has 1 heterocycles. The number of nitrogens with two attached hydrogens (primary N) is 1. The maximum atomic E-state index is 13.5. The number of piperidine rings is 1. The smallest absolute Gasteiger partial charge is 0.234 e. The number of amides is 2.